The normalized spacial score (nSPS) is 14.0. The molecule has 2 rings (SSSR count). The summed E-state index contributed by atoms with van der Waals surface area (Å²) >= 11 is 0. The summed E-state index contributed by atoms with van der Waals surface area (Å²) in [7, 11) is 0. The highest BCUT2D eigenvalue weighted by molar-refractivity contribution is 5.96. The van der Waals surface area contributed by atoms with E-state index in [1.807, 2.05) is 20.8 Å². The second-order valence-corrected chi connectivity index (χ2v) is 7.19. The third kappa shape index (κ3) is 5.31. The van der Waals surface area contributed by atoms with E-state index in [-0.39, 0.29) is 17.2 Å². The summed E-state index contributed by atoms with van der Waals surface area (Å²) in [5.74, 6) is -0.622. The number of nitrogens with one attached hydrogen (secondary N) is 2. The number of phenolic OH excluding ortho intramolecular Hbond substituents is 1. The molecule has 0 aromatic heterocycles. The molecule has 0 saturated heterocycles. The zero-order valence-electron chi connectivity index (χ0n) is 15.1. The Bertz CT molecular complexity index is 738. The average Bonchev–Trinajstić information content (AvgIpc) is 2.53. The van der Waals surface area contributed by atoms with Crippen molar-refractivity contribution >= 4 is 11.6 Å². The first-order chi connectivity index (χ1) is 11.7. The summed E-state index contributed by atoms with van der Waals surface area (Å²) < 4.78 is 0. The van der Waals surface area contributed by atoms with E-state index in [1.54, 1.807) is 55.5 Å². The number of amides is 1. The predicted octanol–water partition coefficient (Wildman–Crippen LogP) is 3.51. The first-order valence-corrected chi connectivity index (χ1v) is 8.32. The minimum Gasteiger partial charge on any atom is -0.508 e. The van der Waals surface area contributed by atoms with E-state index >= 15 is 0 Å². The predicted molar refractivity (Wildman–Crippen MR) is 99.4 cm³/mol. The molecular formula is C20H26N2O3. The van der Waals surface area contributed by atoms with Gasteiger partial charge in [0.1, 0.15) is 12.0 Å². The molecule has 0 radical (unpaired) electrons. The third-order valence-electron chi connectivity index (χ3n) is 3.84. The molecule has 134 valence electrons. The Kier molecular flexibility index (Phi) is 5.82. The summed E-state index contributed by atoms with van der Waals surface area (Å²) in [5.41, 5.74) is 1.60. The number of aliphatic hydroxyl groups excluding tert-OH is 1. The number of anilines is 1. The molecule has 2 aromatic carbocycles. The fourth-order valence-corrected chi connectivity index (χ4v) is 2.53. The Hall–Kier alpha value is -2.37. The van der Waals surface area contributed by atoms with E-state index in [9.17, 15) is 15.0 Å². The lowest BCUT2D eigenvalue weighted by atomic mass is 9.99. The van der Waals surface area contributed by atoms with Gasteiger partial charge in [-0.15, -0.1) is 0 Å². The maximum atomic E-state index is 12.5. The van der Waals surface area contributed by atoms with Gasteiger partial charge in [0.15, 0.2) is 0 Å². The Morgan fingerprint density at radius 3 is 2.40 bits per heavy atom. The second-order valence-electron chi connectivity index (χ2n) is 7.19. The van der Waals surface area contributed by atoms with Gasteiger partial charge in [-0.3, -0.25) is 10.1 Å². The lowest BCUT2D eigenvalue weighted by molar-refractivity contribution is -0.117. The lowest BCUT2D eigenvalue weighted by Crippen LogP contribution is -2.38. The molecular weight excluding hydrogens is 316 g/mol. The highest BCUT2D eigenvalue weighted by Gasteiger charge is 2.20. The Morgan fingerprint density at radius 2 is 1.76 bits per heavy atom. The average molecular weight is 342 g/mol. The number of aromatic hydroxyl groups is 1. The fraction of sp³-hybridized carbons (Fsp3) is 0.350. The monoisotopic (exact) mass is 342 g/mol. The molecule has 0 bridgehead atoms. The summed E-state index contributed by atoms with van der Waals surface area (Å²) in [4.78, 5) is 12.5. The first-order valence-electron chi connectivity index (χ1n) is 8.32. The topological polar surface area (TPSA) is 81.6 Å². The van der Waals surface area contributed by atoms with Crippen molar-refractivity contribution in [1.82, 2.24) is 5.32 Å². The van der Waals surface area contributed by atoms with Gasteiger partial charge >= 0.3 is 0 Å². The molecule has 5 nitrogen and oxygen atoms in total. The van der Waals surface area contributed by atoms with Gasteiger partial charge in [0, 0.05) is 16.8 Å². The highest BCUT2D eigenvalue weighted by Crippen LogP contribution is 2.26. The molecule has 0 fully saturated rings. The molecule has 25 heavy (non-hydrogen) atoms. The van der Waals surface area contributed by atoms with Crippen molar-refractivity contribution in [3.63, 3.8) is 0 Å². The van der Waals surface area contributed by atoms with E-state index in [0.29, 0.717) is 16.8 Å². The number of hydrogen-bond acceptors (Lipinski definition) is 4. The Balaban J connectivity index is 2.11. The number of phenols is 1. The highest BCUT2D eigenvalue weighted by atomic mass is 16.3. The van der Waals surface area contributed by atoms with Crippen LogP contribution in [0.25, 0.3) is 0 Å². The van der Waals surface area contributed by atoms with Gasteiger partial charge in [-0.05, 0) is 51.5 Å². The molecule has 0 spiro atoms. The van der Waals surface area contributed by atoms with Crippen molar-refractivity contribution in [2.75, 3.05) is 5.32 Å². The van der Waals surface area contributed by atoms with Gasteiger partial charge in [0.2, 0.25) is 5.91 Å². The number of para-hydroxylation sites is 1. The number of carbonyl (C=O) groups is 1. The van der Waals surface area contributed by atoms with Crippen LogP contribution in [0.2, 0.25) is 0 Å². The Labute approximate surface area is 148 Å². The van der Waals surface area contributed by atoms with Crippen LogP contribution in [-0.4, -0.2) is 21.7 Å². The van der Waals surface area contributed by atoms with E-state index in [1.165, 1.54) is 0 Å². The minimum atomic E-state index is -0.826. The zero-order valence-corrected chi connectivity index (χ0v) is 15.1. The van der Waals surface area contributed by atoms with Crippen LogP contribution in [0, 0.1) is 0 Å². The van der Waals surface area contributed by atoms with Crippen molar-refractivity contribution in [2.24, 2.45) is 0 Å². The quantitative estimate of drug-likeness (QED) is 0.627. The molecule has 4 N–H and O–H groups in total. The van der Waals surface area contributed by atoms with Crippen molar-refractivity contribution in [2.45, 2.75) is 45.4 Å². The molecule has 0 saturated carbocycles. The number of carbonyl (C=O) groups excluding carboxylic acids is 1. The van der Waals surface area contributed by atoms with Crippen molar-refractivity contribution < 1.29 is 15.0 Å². The zero-order chi connectivity index (χ0) is 18.6. The van der Waals surface area contributed by atoms with Gasteiger partial charge in [-0.1, -0.05) is 30.3 Å². The number of hydrogen-bond donors (Lipinski definition) is 4. The number of rotatable bonds is 5. The van der Waals surface area contributed by atoms with Crippen LogP contribution >= 0.6 is 0 Å². The minimum absolute atomic E-state index is 0.101. The van der Waals surface area contributed by atoms with Gasteiger partial charge in [0.25, 0.3) is 0 Å². The van der Waals surface area contributed by atoms with E-state index in [4.69, 9.17) is 0 Å². The standard InChI is InChI=1S/C20H26N2O3/c1-13(16-10-5-6-11-17(16)23)18(24)21-15-9-7-8-14(12-15)19(25)22-20(2,3)4/h5-13,19,22-23,25H,1-4H3,(H,21,24). The number of benzene rings is 2. The van der Waals surface area contributed by atoms with Gasteiger partial charge in [0.05, 0.1) is 5.92 Å². The summed E-state index contributed by atoms with van der Waals surface area (Å²) in [5, 5.41) is 26.1. The van der Waals surface area contributed by atoms with Crippen LogP contribution in [0.15, 0.2) is 48.5 Å². The lowest BCUT2D eigenvalue weighted by Gasteiger charge is -2.25. The molecule has 0 aliphatic rings. The maximum Gasteiger partial charge on any atom is 0.231 e. The van der Waals surface area contributed by atoms with Gasteiger partial charge in [-0.25, -0.2) is 0 Å². The van der Waals surface area contributed by atoms with E-state index in [2.05, 4.69) is 10.6 Å². The van der Waals surface area contributed by atoms with Crippen LogP contribution in [0.5, 0.6) is 5.75 Å². The molecule has 0 aliphatic carbocycles. The molecule has 0 aliphatic heterocycles. The van der Waals surface area contributed by atoms with Gasteiger partial charge < -0.3 is 15.5 Å². The molecule has 0 heterocycles. The van der Waals surface area contributed by atoms with Crippen LogP contribution in [-0.2, 0) is 4.79 Å². The van der Waals surface area contributed by atoms with Crippen molar-refractivity contribution in [3.8, 4) is 5.75 Å². The van der Waals surface area contributed by atoms with Crippen LogP contribution in [0.4, 0.5) is 5.69 Å². The van der Waals surface area contributed by atoms with Crippen molar-refractivity contribution in [3.05, 3.63) is 59.7 Å². The van der Waals surface area contributed by atoms with Gasteiger partial charge in [-0.2, -0.15) is 0 Å². The van der Waals surface area contributed by atoms with Crippen LogP contribution < -0.4 is 10.6 Å². The van der Waals surface area contributed by atoms with E-state index in [0.717, 1.165) is 0 Å². The van der Waals surface area contributed by atoms with Crippen LogP contribution in [0.3, 0.4) is 0 Å². The second kappa shape index (κ2) is 7.68. The van der Waals surface area contributed by atoms with Crippen molar-refractivity contribution in [1.29, 1.82) is 0 Å². The SMILES string of the molecule is CC(C(=O)Nc1cccc(C(O)NC(C)(C)C)c1)c1ccccc1O. The molecule has 2 aromatic rings. The molecule has 5 heteroatoms. The maximum absolute atomic E-state index is 12.5. The summed E-state index contributed by atoms with van der Waals surface area (Å²) in [6, 6.07) is 13.9. The fourth-order valence-electron chi connectivity index (χ4n) is 2.53. The molecule has 1 amide bonds. The smallest absolute Gasteiger partial charge is 0.231 e. The summed E-state index contributed by atoms with van der Waals surface area (Å²) in [6.07, 6.45) is -0.826. The van der Waals surface area contributed by atoms with Crippen LogP contribution in [0.1, 0.15) is 51.0 Å². The number of aliphatic hydroxyl groups is 1. The third-order valence-corrected chi connectivity index (χ3v) is 3.84. The first kappa shape index (κ1) is 19.0. The molecule has 2 unspecified atom stereocenters. The molecule has 2 atom stereocenters. The van der Waals surface area contributed by atoms with E-state index < -0.39 is 12.1 Å². The summed E-state index contributed by atoms with van der Waals surface area (Å²) in [6.45, 7) is 7.64. The Morgan fingerprint density at radius 1 is 1.08 bits per heavy atom. The largest absolute Gasteiger partial charge is 0.508 e.